The summed E-state index contributed by atoms with van der Waals surface area (Å²) in [4.78, 5) is 66.8. The van der Waals surface area contributed by atoms with Crippen molar-refractivity contribution in [2.75, 3.05) is 26.1 Å². The number of aromatic nitrogens is 2. The molecule has 3 aromatic rings. The smallest absolute Gasteiger partial charge is 0.408 e. The molecule has 14 nitrogen and oxygen atoms in total. The first kappa shape index (κ1) is 39.9. The Labute approximate surface area is 342 Å². The fourth-order valence-corrected chi connectivity index (χ4v) is 9.85. The molecule has 58 heavy (non-hydrogen) atoms. The van der Waals surface area contributed by atoms with Gasteiger partial charge in [-0.15, -0.1) is 11.3 Å². The lowest BCUT2D eigenvalue weighted by molar-refractivity contribution is -0.148. The number of thiazole rings is 1. The number of rotatable bonds is 9. The molecule has 3 N–H and O–H groups in total. The van der Waals surface area contributed by atoms with E-state index in [-0.39, 0.29) is 25.0 Å². The van der Waals surface area contributed by atoms with Gasteiger partial charge in [-0.25, -0.2) is 19.6 Å². The second kappa shape index (κ2) is 17.5. The number of hydrogen-bond acceptors (Lipinski definition) is 12. The van der Waals surface area contributed by atoms with Crippen LogP contribution in [0.3, 0.4) is 0 Å². The van der Waals surface area contributed by atoms with Gasteiger partial charge in [-0.05, 0) is 76.3 Å². The van der Waals surface area contributed by atoms with Gasteiger partial charge in [0.1, 0.15) is 47.0 Å². The molecule has 0 bridgehead atoms. The number of amides is 3. The third kappa shape index (κ3) is 8.74. The lowest BCUT2D eigenvalue weighted by Crippen LogP contribution is -2.56. The van der Waals surface area contributed by atoms with Crippen LogP contribution in [0, 0.1) is 5.92 Å². The zero-order chi connectivity index (χ0) is 40.2. The third-order valence-electron chi connectivity index (χ3n) is 12.4. The number of methoxy groups -OCH3 is 2. The molecule has 3 amide bonds. The Bertz CT molecular complexity index is 2030. The second-order valence-electron chi connectivity index (χ2n) is 16.4. The van der Waals surface area contributed by atoms with Crippen molar-refractivity contribution < 1.29 is 38.1 Å². The minimum absolute atomic E-state index is 0.0722. The highest BCUT2D eigenvalue weighted by Gasteiger charge is 2.62. The Morgan fingerprint density at radius 3 is 2.52 bits per heavy atom. The van der Waals surface area contributed by atoms with Crippen LogP contribution in [-0.2, 0) is 23.9 Å². The lowest BCUT2D eigenvalue weighted by Gasteiger charge is -2.29. The predicted octanol–water partition coefficient (Wildman–Crippen LogP) is 6.68. The summed E-state index contributed by atoms with van der Waals surface area (Å²) in [5, 5.41) is 13.0. The van der Waals surface area contributed by atoms with Crippen molar-refractivity contribution >= 4 is 51.2 Å². The average Bonchev–Trinajstić information content (AvgIpc) is 3.88. The largest absolute Gasteiger partial charge is 0.497 e. The SMILES string of the molecule is COC(=O)[C@@]12C[C@H]1C=CCCCCC[C@H](NC(=O)OC1CCCC1)C(=O)N1C[C@H](Oc3cc(-c4csc(NC5CCCC5)n4)nc4cc(OC)ccc34)C[C@H]1C(=O)N2. The Kier molecular flexibility index (Phi) is 12.0. The number of esters is 1. The van der Waals surface area contributed by atoms with Gasteiger partial charge >= 0.3 is 12.1 Å². The molecule has 4 fully saturated rings. The van der Waals surface area contributed by atoms with Gasteiger partial charge in [0.2, 0.25) is 11.8 Å². The van der Waals surface area contributed by atoms with Crippen LogP contribution in [0.25, 0.3) is 22.3 Å². The van der Waals surface area contributed by atoms with Crippen LogP contribution in [0.15, 0.2) is 41.8 Å². The van der Waals surface area contributed by atoms with E-state index in [4.69, 9.17) is 28.9 Å². The highest BCUT2D eigenvalue weighted by molar-refractivity contribution is 7.14. The first-order valence-corrected chi connectivity index (χ1v) is 21.8. The Hall–Kier alpha value is -4.92. The van der Waals surface area contributed by atoms with Crippen molar-refractivity contribution in [2.24, 2.45) is 5.92 Å². The molecule has 1 saturated heterocycles. The number of fused-ring (bicyclic) bond motifs is 3. The maximum Gasteiger partial charge on any atom is 0.408 e. The molecule has 0 unspecified atom stereocenters. The van der Waals surface area contributed by atoms with E-state index in [1.165, 1.54) is 36.2 Å². The molecule has 2 aliphatic heterocycles. The van der Waals surface area contributed by atoms with Crippen LogP contribution >= 0.6 is 11.3 Å². The molecule has 15 heteroatoms. The van der Waals surface area contributed by atoms with E-state index in [1.54, 1.807) is 7.11 Å². The Morgan fingerprint density at radius 1 is 0.931 bits per heavy atom. The minimum atomic E-state index is -1.22. The first-order chi connectivity index (χ1) is 28.2. The number of ether oxygens (including phenoxy) is 4. The van der Waals surface area contributed by atoms with Gasteiger partial charge in [0, 0.05) is 41.3 Å². The molecule has 8 rings (SSSR count). The molecule has 3 aliphatic carbocycles. The van der Waals surface area contributed by atoms with E-state index in [2.05, 4.69) is 16.0 Å². The fourth-order valence-electron chi connectivity index (χ4n) is 9.06. The summed E-state index contributed by atoms with van der Waals surface area (Å²) in [5.41, 5.74) is 0.747. The molecular weight excluding hydrogens is 761 g/mol. The molecule has 3 saturated carbocycles. The maximum absolute atomic E-state index is 14.7. The summed E-state index contributed by atoms with van der Waals surface area (Å²) in [6.07, 6.45) is 15.0. The molecule has 310 valence electrons. The van der Waals surface area contributed by atoms with Gasteiger partial charge in [-0.3, -0.25) is 9.59 Å². The number of benzene rings is 1. The summed E-state index contributed by atoms with van der Waals surface area (Å²) in [6, 6.07) is 5.95. The van der Waals surface area contributed by atoms with E-state index < -0.39 is 47.6 Å². The van der Waals surface area contributed by atoms with Gasteiger partial charge in [0.25, 0.3) is 0 Å². The normalized spacial score (nSPS) is 26.9. The molecule has 1 aromatic carbocycles. The highest BCUT2D eigenvalue weighted by Crippen LogP contribution is 2.46. The number of hydrogen-bond donors (Lipinski definition) is 3. The average molecular weight is 815 g/mol. The van der Waals surface area contributed by atoms with E-state index in [9.17, 15) is 19.2 Å². The maximum atomic E-state index is 14.7. The monoisotopic (exact) mass is 814 g/mol. The number of nitrogens with zero attached hydrogens (tertiary/aromatic N) is 3. The standard InChI is InChI=1S/C43H54N6O8S/c1-54-29-18-19-31-33(20-29)45-34(35-25-58-41(46-35)44-27-13-8-9-14-27)22-37(31)56-30-21-36-38(50)48-43(40(52)55-2)23-26(43)12-6-4-3-5-7-17-32(39(51)49(36)24-30)47-42(53)57-28-15-10-11-16-28/h6,12,18-20,22,25-28,30,32,36H,3-5,7-11,13-17,21,23-24H2,1-2H3,(H,44,46)(H,47,53)(H,48,50)/t26-,30-,32+,36+,43-/m1/s1. The Morgan fingerprint density at radius 2 is 1.72 bits per heavy atom. The number of carbonyl (C=O) groups excluding carboxylic acids is 4. The van der Waals surface area contributed by atoms with E-state index in [1.807, 2.05) is 41.8 Å². The van der Waals surface area contributed by atoms with Gasteiger partial charge in [-0.2, -0.15) is 0 Å². The van der Waals surface area contributed by atoms with Crippen LogP contribution in [0.4, 0.5) is 9.93 Å². The van der Waals surface area contributed by atoms with Crippen LogP contribution < -0.4 is 25.4 Å². The minimum Gasteiger partial charge on any atom is -0.497 e. The molecule has 2 aromatic heterocycles. The van der Waals surface area contributed by atoms with E-state index >= 15 is 0 Å². The van der Waals surface area contributed by atoms with Crippen molar-refractivity contribution in [2.45, 2.75) is 132 Å². The van der Waals surface area contributed by atoms with Crippen molar-refractivity contribution in [3.05, 3.63) is 41.8 Å². The fraction of sp³-hybridized carbons (Fsp3) is 0.581. The topological polar surface area (TPSA) is 170 Å². The quantitative estimate of drug-likeness (QED) is 0.156. The highest BCUT2D eigenvalue weighted by atomic mass is 32.1. The molecule has 0 radical (unpaired) electrons. The second-order valence-corrected chi connectivity index (χ2v) is 17.2. The van der Waals surface area contributed by atoms with Gasteiger partial charge in [-0.1, -0.05) is 37.8 Å². The first-order valence-electron chi connectivity index (χ1n) is 21.0. The zero-order valence-corrected chi connectivity index (χ0v) is 34.2. The lowest BCUT2D eigenvalue weighted by atomic mass is 10.0. The van der Waals surface area contributed by atoms with Crippen LogP contribution in [0.2, 0.25) is 0 Å². The van der Waals surface area contributed by atoms with Crippen LogP contribution in [0.1, 0.15) is 96.3 Å². The molecule has 5 atom stereocenters. The zero-order valence-electron chi connectivity index (χ0n) is 33.3. The van der Waals surface area contributed by atoms with Crippen LogP contribution in [-0.4, -0.2) is 95.4 Å². The Balaban J connectivity index is 1.09. The molecule has 0 spiro atoms. The molecule has 5 aliphatic rings. The van der Waals surface area contributed by atoms with Gasteiger partial charge in [0.15, 0.2) is 5.13 Å². The summed E-state index contributed by atoms with van der Waals surface area (Å²) < 4.78 is 23.3. The summed E-state index contributed by atoms with van der Waals surface area (Å²) in [5.74, 6) is -0.446. The number of carbonyl (C=O) groups is 4. The predicted molar refractivity (Wildman–Crippen MR) is 219 cm³/mol. The van der Waals surface area contributed by atoms with Crippen molar-refractivity contribution in [1.29, 1.82) is 0 Å². The molecule has 4 heterocycles. The van der Waals surface area contributed by atoms with Gasteiger partial charge < -0.3 is 39.8 Å². The van der Waals surface area contributed by atoms with Crippen LogP contribution in [0.5, 0.6) is 11.5 Å². The number of pyridine rings is 1. The number of allylic oxidation sites excluding steroid dienone is 1. The van der Waals surface area contributed by atoms with Crippen molar-refractivity contribution in [3.63, 3.8) is 0 Å². The van der Waals surface area contributed by atoms with Crippen molar-refractivity contribution in [1.82, 2.24) is 25.5 Å². The van der Waals surface area contributed by atoms with E-state index in [0.717, 1.165) is 68.3 Å². The van der Waals surface area contributed by atoms with E-state index in [0.29, 0.717) is 53.7 Å². The summed E-state index contributed by atoms with van der Waals surface area (Å²) in [7, 11) is 2.92. The van der Waals surface area contributed by atoms with Gasteiger partial charge in [0.05, 0.1) is 32.0 Å². The summed E-state index contributed by atoms with van der Waals surface area (Å²) in [6.45, 7) is 0.0722. The number of anilines is 1. The molecular formula is C43H54N6O8S. The summed E-state index contributed by atoms with van der Waals surface area (Å²) >= 11 is 1.54. The number of nitrogens with one attached hydrogen (secondary N) is 3. The third-order valence-corrected chi connectivity index (χ3v) is 13.2. The van der Waals surface area contributed by atoms with Crippen molar-refractivity contribution in [3.8, 4) is 22.9 Å². The number of alkyl carbamates (subject to hydrolysis) is 1.